The van der Waals surface area contributed by atoms with Gasteiger partial charge in [0.25, 0.3) is 0 Å². The van der Waals surface area contributed by atoms with E-state index in [9.17, 15) is 76.3 Å². The Bertz CT molecular complexity index is 3060. The Hall–Kier alpha value is -2.80. The summed E-state index contributed by atoms with van der Waals surface area (Å²) in [5.41, 5.74) is -0.362. The number of carbonyl (C=O) groups excluding carboxylic acids is 2. The molecule has 0 spiro atoms. The topological polar surface area (TPSA) is 431 Å². The SMILES string of the molecule is C=C1C(=O)OC2C1CCC(C)=CCCC1(C)OC21.CC1OC(OC2CCC3(C)C(CCC4(C)C3CC=C3C5CC(C)(C)CCC5(C(=O)OC5OCC(O)C(O)C5OC5OC(C)C(OC6OC(CO)C(O)C(O)C6O)C(O)C5O)C(O)CC34C)C2(C)C)C(O)C(O)C1OC1OCC(O)C(O)C1O. The van der Waals surface area contributed by atoms with E-state index >= 15 is 4.79 Å². The number of aliphatic hydroxyl groups excluding tert-OH is 14. The summed E-state index contributed by atoms with van der Waals surface area (Å²) in [7, 11) is 0. The molecule has 0 aromatic carbocycles. The number of fused-ring (bicyclic) bond motifs is 10. The number of hydrogen-bond acceptors (Lipinski definition) is 28. The molecule has 11 fully saturated rings. The predicted octanol–water partition coefficient (Wildman–Crippen LogP) is 0.855. The van der Waals surface area contributed by atoms with Crippen LogP contribution in [0.3, 0.4) is 0 Å². The molecule has 14 N–H and O–H groups in total. The smallest absolute Gasteiger partial charge is 0.334 e. The van der Waals surface area contributed by atoms with Crippen molar-refractivity contribution in [2.24, 2.45) is 56.2 Å². The van der Waals surface area contributed by atoms with Crippen molar-refractivity contribution in [2.75, 3.05) is 19.8 Å². The summed E-state index contributed by atoms with van der Waals surface area (Å²) in [6, 6.07) is 0. The molecular weight excluding hydrogens is 1320 g/mol. The average Bonchev–Trinajstić information content (AvgIpc) is 1.37. The lowest BCUT2D eigenvalue weighted by atomic mass is 9.33. The zero-order valence-electron chi connectivity index (χ0n) is 60.0. The molecule has 0 amide bonds. The number of hydrogen-bond donors (Lipinski definition) is 14. The van der Waals surface area contributed by atoms with Crippen LogP contribution < -0.4 is 0 Å². The molecule has 101 heavy (non-hydrogen) atoms. The van der Waals surface area contributed by atoms with E-state index in [2.05, 4.69) is 81.0 Å². The van der Waals surface area contributed by atoms with Crippen LogP contribution in [-0.4, -0.2) is 275 Å². The van der Waals surface area contributed by atoms with Crippen molar-refractivity contribution in [1.29, 1.82) is 0 Å². The molecule has 0 aromatic heterocycles. The first-order valence-corrected chi connectivity index (χ1v) is 36.7. The van der Waals surface area contributed by atoms with Gasteiger partial charge in [0.2, 0.25) is 6.29 Å². The normalized spacial score (nSPS) is 53.1. The fourth-order valence-corrected chi connectivity index (χ4v) is 20.7. The van der Waals surface area contributed by atoms with Crippen LogP contribution >= 0.6 is 0 Å². The number of carbonyl (C=O) groups is 2. The fraction of sp³-hybridized carbons (Fsp3) is 0.890. The molecule has 7 saturated heterocycles. The monoisotopic (exact) mass is 1440 g/mol. The molecule has 0 bridgehead atoms. The van der Waals surface area contributed by atoms with E-state index in [1.54, 1.807) is 6.92 Å². The third kappa shape index (κ3) is 13.5. The number of epoxide rings is 1. The molecule has 36 atom stereocenters. The number of aliphatic hydroxyl groups is 14. The Morgan fingerprint density at radius 2 is 1.19 bits per heavy atom. The second-order valence-corrected chi connectivity index (χ2v) is 34.2. The minimum Gasteiger partial charge on any atom is -0.455 e. The first kappa shape index (κ1) is 77.8. The van der Waals surface area contributed by atoms with Crippen molar-refractivity contribution in [3.05, 3.63) is 35.5 Å². The summed E-state index contributed by atoms with van der Waals surface area (Å²) in [6.45, 7) is 25.4. The average molecular weight is 1440 g/mol. The van der Waals surface area contributed by atoms with Crippen LogP contribution in [0.4, 0.5) is 0 Å². The van der Waals surface area contributed by atoms with Crippen LogP contribution in [-0.2, 0) is 66.4 Å². The van der Waals surface area contributed by atoms with E-state index in [0.29, 0.717) is 31.3 Å². The molecule has 7 aliphatic heterocycles. The van der Waals surface area contributed by atoms with Crippen molar-refractivity contribution in [1.82, 2.24) is 0 Å². The van der Waals surface area contributed by atoms with E-state index in [-0.39, 0.29) is 77.2 Å². The lowest BCUT2D eigenvalue weighted by Crippen LogP contribution is -2.68. The van der Waals surface area contributed by atoms with E-state index < -0.39 is 195 Å². The highest BCUT2D eigenvalue weighted by molar-refractivity contribution is 5.91. The lowest BCUT2D eigenvalue weighted by Gasteiger charge is -2.71. The molecular formula is C73H114O28. The van der Waals surface area contributed by atoms with Gasteiger partial charge in [-0.3, -0.25) is 4.79 Å². The molecule has 6 aliphatic carbocycles. The fourth-order valence-electron chi connectivity index (χ4n) is 20.7. The second kappa shape index (κ2) is 28.6. The van der Waals surface area contributed by atoms with Crippen molar-refractivity contribution in [2.45, 2.75) is 331 Å². The third-order valence-electron chi connectivity index (χ3n) is 27.3. The Balaban J connectivity index is 0.000000461. The van der Waals surface area contributed by atoms with Crippen molar-refractivity contribution in [3.8, 4) is 0 Å². The number of rotatable bonds is 11. The zero-order chi connectivity index (χ0) is 73.5. The highest BCUT2D eigenvalue weighted by Crippen LogP contribution is 2.76. The summed E-state index contributed by atoms with van der Waals surface area (Å²) in [5, 5.41) is 152. The molecule has 13 aliphatic rings. The first-order valence-electron chi connectivity index (χ1n) is 36.7. The van der Waals surface area contributed by atoms with Gasteiger partial charge in [0, 0.05) is 11.5 Å². The van der Waals surface area contributed by atoms with Crippen LogP contribution in [0.15, 0.2) is 35.5 Å². The Labute approximate surface area is 590 Å². The molecule has 28 nitrogen and oxygen atoms in total. The first-order chi connectivity index (χ1) is 47.3. The minimum atomic E-state index is -1.93. The van der Waals surface area contributed by atoms with E-state index in [1.807, 2.05) is 0 Å². The van der Waals surface area contributed by atoms with Crippen LogP contribution in [0, 0.1) is 56.2 Å². The van der Waals surface area contributed by atoms with Crippen LogP contribution in [0.2, 0.25) is 0 Å². The van der Waals surface area contributed by atoms with Gasteiger partial charge >= 0.3 is 11.9 Å². The lowest BCUT2D eigenvalue weighted by molar-refractivity contribution is -0.374. The van der Waals surface area contributed by atoms with Crippen LogP contribution in [0.5, 0.6) is 0 Å². The van der Waals surface area contributed by atoms with Crippen LogP contribution in [0.1, 0.15) is 160 Å². The Morgan fingerprint density at radius 1 is 0.604 bits per heavy atom. The van der Waals surface area contributed by atoms with Crippen molar-refractivity contribution < 1.29 is 138 Å². The van der Waals surface area contributed by atoms with Gasteiger partial charge in [-0.15, -0.1) is 0 Å². The van der Waals surface area contributed by atoms with Crippen molar-refractivity contribution >= 4 is 11.9 Å². The molecule has 28 heteroatoms. The molecule has 36 unspecified atom stereocenters. The van der Waals surface area contributed by atoms with Gasteiger partial charge in [-0.2, -0.15) is 0 Å². The van der Waals surface area contributed by atoms with E-state index in [0.717, 1.165) is 50.5 Å². The highest BCUT2D eigenvalue weighted by atomic mass is 16.8. The summed E-state index contributed by atoms with van der Waals surface area (Å²) in [5.74, 6) is -1.10. The van der Waals surface area contributed by atoms with Crippen LogP contribution in [0.25, 0.3) is 0 Å². The summed E-state index contributed by atoms with van der Waals surface area (Å²) in [6.07, 6.45) is -23.0. The Morgan fingerprint density at radius 3 is 1.84 bits per heavy atom. The number of allylic oxidation sites excluding steroid dienone is 4. The molecule has 4 saturated carbocycles. The molecule has 0 aromatic rings. The van der Waals surface area contributed by atoms with Gasteiger partial charge in [-0.25, -0.2) is 4.79 Å². The second-order valence-electron chi connectivity index (χ2n) is 34.2. The van der Waals surface area contributed by atoms with Crippen molar-refractivity contribution in [3.63, 3.8) is 0 Å². The van der Waals surface area contributed by atoms with E-state index in [4.69, 9.17) is 56.8 Å². The maximum Gasteiger partial charge on any atom is 0.334 e. The number of ether oxygens (including phenoxy) is 12. The Kier molecular flexibility index (Phi) is 22.1. The number of esters is 2. The summed E-state index contributed by atoms with van der Waals surface area (Å²) < 4.78 is 70.9. The zero-order valence-corrected chi connectivity index (χ0v) is 60.0. The molecule has 0 radical (unpaired) electrons. The standard InChI is InChI=1S/C58H94O25.C15H20O3/c1-23-44(80-47-40(69)34(63)27(60)21-74-47)38(67)42(71)48(76-23)79-33-13-14-55(7)30(54(33,5)6)12-15-56(8)31(55)11-10-25-26-18-53(3,4)16-17-58(26,32(62)19-57(25,56)9)52(73)83-51-46(35(64)28(61)22-75-51)82-49-43(72)39(68)45(24(2)77-49)81-50-41(70)37(66)36(65)29(20-59)78-50;1-9-5-4-8-15(3)13(18-15)12-11(7-6-9)10(2)14(16)17-12/h10,23-24,26-51,59-72H,11-22H2,1-9H3;5,11-13H,2,4,6-8H2,1,3H3. The van der Waals surface area contributed by atoms with Gasteiger partial charge in [0.1, 0.15) is 109 Å². The largest absolute Gasteiger partial charge is 0.455 e. The highest BCUT2D eigenvalue weighted by Gasteiger charge is 2.73. The molecule has 13 rings (SSSR count). The predicted molar refractivity (Wildman–Crippen MR) is 350 cm³/mol. The van der Waals surface area contributed by atoms with Gasteiger partial charge in [0.05, 0.1) is 49.8 Å². The van der Waals surface area contributed by atoms with Gasteiger partial charge < -0.3 is 128 Å². The molecule has 574 valence electrons. The maximum absolute atomic E-state index is 15.4. The maximum atomic E-state index is 15.4. The van der Waals surface area contributed by atoms with Gasteiger partial charge in [-0.05, 0) is 156 Å². The van der Waals surface area contributed by atoms with Gasteiger partial charge in [0.15, 0.2) is 31.3 Å². The third-order valence-corrected chi connectivity index (χ3v) is 27.3. The van der Waals surface area contributed by atoms with E-state index in [1.165, 1.54) is 12.5 Å². The quantitative estimate of drug-likeness (QED) is 0.0448. The summed E-state index contributed by atoms with van der Waals surface area (Å²) >= 11 is 0. The van der Waals surface area contributed by atoms with Gasteiger partial charge in [-0.1, -0.05) is 78.3 Å². The molecule has 7 heterocycles. The summed E-state index contributed by atoms with van der Waals surface area (Å²) in [4.78, 5) is 27.1. The minimum absolute atomic E-state index is 0.0671.